The molecule has 43 heavy (non-hydrogen) atoms. The highest BCUT2D eigenvalue weighted by molar-refractivity contribution is 5.88. The number of phenolic OH excluding ortho intramolecular Hbond substituents is 3. The average Bonchev–Trinajstić information content (AvgIpc) is 2.97. The summed E-state index contributed by atoms with van der Waals surface area (Å²) in [6.45, 7) is 0.670. The van der Waals surface area contributed by atoms with Gasteiger partial charge in [0.05, 0.1) is 12.7 Å². The van der Waals surface area contributed by atoms with Gasteiger partial charge in [0.2, 0.25) is 23.8 Å². The van der Waals surface area contributed by atoms with Crippen LogP contribution >= 0.6 is 0 Å². The zero-order valence-corrected chi connectivity index (χ0v) is 22.3. The molecule has 2 saturated heterocycles. The van der Waals surface area contributed by atoms with Gasteiger partial charge in [0.1, 0.15) is 65.2 Å². The molecule has 3 aromatic rings. The van der Waals surface area contributed by atoms with Crippen molar-refractivity contribution in [3.05, 3.63) is 40.6 Å². The van der Waals surface area contributed by atoms with E-state index in [1.807, 2.05) is 0 Å². The Morgan fingerprint density at radius 3 is 2.05 bits per heavy atom. The summed E-state index contributed by atoms with van der Waals surface area (Å²) in [5.41, 5.74) is -1.36. The topological polar surface area (TPSA) is 269 Å². The van der Waals surface area contributed by atoms with Crippen LogP contribution in [0.2, 0.25) is 0 Å². The minimum atomic E-state index is -1.83. The van der Waals surface area contributed by atoms with E-state index in [2.05, 4.69) is 0 Å². The normalized spacial score (nSPS) is 32.9. The molecule has 2 fully saturated rings. The predicted molar refractivity (Wildman–Crippen MR) is 140 cm³/mol. The Hall–Kier alpha value is -3.71. The first-order valence-electron chi connectivity index (χ1n) is 13.0. The van der Waals surface area contributed by atoms with Crippen LogP contribution in [0, 0.1) is 0 Å². The molecule has 1 aromatic heterocycles. The molecule has 16 nitrogen and oxygen atoms in total. The van der Waals surface area contributed by atoms with Gasteiger partial charge in [0.25, 0.3) is 0 Å². The van der Waals surface area contributed by atoms with Crippen molar-refractivity contribution in [1.29, 1.82) is 0 Å². The van der Waals surface area contributed by atoms with Gasteiger partial charge < -0.3 is 74.4 Å². The number of phenols is 3. The lowest BCUT2D eigenvalue weighted by atomic mass is 9.99. The maximum Gasteiger partial charge on any atom is 0.239 e. The molecule has 0 spiro atoms. The van der Waals surface area contributed by atoms with Gasteiger partial charge >= 0.3 is 0 Å². The van der Waals surface area contributed by atoms with Crippen molar-refractivity contribution >= 4 is 11.0 Å². The second kappa shape index (κ2) is 11.8. The zero-order chi connectivity index (χ0) is 31.3. The third kappa shape index (κ3) is 5.55. The van der Waals surface area contributed by atoms with Crippen LogP contribution in [-0.2, 0) is 9.47 Å². The minimum Gasteiger partial charge on any atom is -0.507 e. The Bertz CT molecular complexity index is 1540. The Labute approximate surface area is 241 Å². The van der Waals surface area contributed by atoms with Crippen molar-refractivity contribution in [3.63, 3.8) is 0 Å². The fraction of sp³-hybridized carbons (Fsp3) is 0.444. The number of fused-ring (bicyclic) bond motifs is 1. The van der Waals surface area contributed by atoms with E-state index in [0.717, 1.165) is 24.3 Å². The minimum absolute atomic E-state index is 0.0250. The molecule has 0 amide bonds. The third-order valence-electron chi connectivity index (χ3n) is 7.29. The Kier molecular flexibility index (Phi) is 8.41. The summed E-state index contributed by atoms with van der Waals surface area (Å²) >= 11 is 0. The van der Waals surface area contributed by atoms with Crippen LogP contribution in [0.4, 0.5) is 0 Å². The van der Waals surface area contributed by atoms with Gasteiger partial charge in [-0.15, -0.1) is 0 Å². The van der Waals surface area contributed by atoms with E-state index in [-0.39, 0.29) is 22.7 Å². The smallest absolute Gasteiger partial charge is 0.239 e. The van der Waals surface area contributed by atoms with Crippen molar-refractivity contribution in [2.45, 2.75) is 68.3 Å². The molecule has 2 aliphatic heterocycles. The lowest BCUT2D eigenvalue weighted by molar-refractivity contribution is -0.277. The molecule has 3 heterocycles. The second-order valence-corrected chi connectivity index (χ2v) is 10.2. The van der Waals surface area contributed by atoms with E-state index in [4.69, 9.17) is 23.4 Å². The number of aliphatic hydroxyl groups is 7. The van der Waals surface area contributed by atoms with E-state index in [1.165, 1.54) is 13.0 Å². The van der Waals surface area contributed by atoms with Gasteiger partial charge in [0, 0.05) is 17.7 Å². The SMILES string of the molecule is C[C@H]1OC(Oc2c(-c3ccc(O)c(O)c3)oc3cc(OC4O[C@H](CO)[C@@H](O)[C@H](O)[C@H]4O)cc(O)c3c2=O)[C@@H](O)[C@@H](O)[C@@H]1O. The van der Waals surface area contributed by atoms with Gasteiger partial charge in [-0.05, 0) is 25.1 Å². The third-order valence-corrected chi connectivity index (χ3v) is 7.29. The fourth-order valence-electron chi connectivity index (χ4n) is 4.81. The highest BCUT2D eigenvalue weighted by Gasteiger charge is 2.45. The highest BCUT2D eigenvalue weighted by Crippen LogP contribution is 2.40. The van der Waals surface area contributed by atoms with Crippen LogP contribution in [0.15, 0.2) is 39.5 Å². The first kappa shape index (κ1) is 30.7. The van der Waals surface area contributed by atoms with Crippen LogP contribution in [0.5, 0.6) is 28.7 Å². The monoisotopic (exact) mass is 610 g/mol. The molecule has 5 rings (SSSR count). The van der Waals surface area contributed by atoms with Crippen LogP contribution in [-0.4, -0.2) is 119 Å². The molecular weight excluding hydrogens is 580 g/mol. The number of hydrogen-bond acceptors (Lipinski definition) is 16. The predicted octanol–water partition coefficient (Wildman–Crippen LogP) is -2.04. The van der Waals surface area contributed by atoms with Gasteiger partial charge in [-0.2, -0.15) is 0 Å². The van der Waals surface area contributed by atoms with Gasteiger partial charge in [-0.3, -0.25) is 4.79 Å². The summed E-state index contributed by atoms with van der Waals surface area (Å²) in [4.78, 5) is 13.7. The lowest BCUT2D eigenvalue weighted by Gasteiger charge is -2.39. The summed E-state index contributed by atoms with van der Waals surface area (Å²) in [6, 6.07) is 5.42. The molecule has 16 heteroatoms. The molecule has 0 saturated carbocycles. The molecule has 0 aliphatic carbocycles. The number of aromatic hydroxyl groups is 3. The lowest BCUT2D eigenvalue weighted by Crippen LogP contribution is -2.60. The first-order valence-corrected chi connectivity index (χ1v) is 13.0. The maximum atomic E-state index is 13.7. The molecule has 2 unspecified atom stereocenters. The van der Waals surface area contributed by atoms with Gasteiger partial charge in [-0.25, -0.2) is 0 Å². The Balaban J connectivity index is 1.60. The average molecular weight is 611 g/mol. The largest absolute Gasteiger partial charge is 0.507 e. The standard InChI is InChI=1S/C27H30O16/c1-8-17(32)20(35)22(37)26(39-8)43-25-19(34)16-13(31)5-10(40-27-23(38)21(36)18(33)15(7-28)42-27)6-14(16)41-24(25)9-2-3-11(29)12(30)4-9/h2-6,8,15,17-18,20-23,26-33,35-38H,7H2,1H3/t8-,15-,17-,18-,20+,21+,22+,23-,26?,27?/m1/s1. The quantitative estimate of drug-likeness (QED) is 0.135. The number of aliphatic hydroxyl groups excluding tert-OH is 7. The number of hydrogen-bond donors (Lipinski definition) is 10. The number of benzene rings is 2. The number of ether oxygens (including phenoxy) is 4. The molecule has 2 aliphatic rings. The molecule has 2 aromatic carbocycles. The van der Waals surface area contributed by atoms with Crippen LogP contribution in [0.1, 0.15) is 6.92 Å². The summed E-state index contributed by atoms with van der Waals surface area (Å²) in [7, 11) is 0. The van der Waals surface area contributed by atoms with Gasteiger partial charge in [-0.1, -0.05) is 0 Å². The highest BCUT2D eigenvalue weighted by atomic mass is 16.7. The maximum absolute atomic E-state index is 13.7. The molecule has 10 atom stereocenters. The molecule has 0 bridgehead atoms. The Morgan fingerprint density at radius 2 is 1.40 bits per heavy atom. The molecule has 0 radical (unpaired) electrons. The second-order valence-electron chi connectivity index (χ2n) is 10.2. The van der Waals surface area contributed by atoms with Crippen LogP contribution < -0.4 is 14.9 Å². The van der Waals surface area contributed by atoms with Crippen LogP contribution in [0.3, 0.4) is 0 Å². The van der Waals surface area contributed by atoms with Crippen molar-refractivity contribution in [2.24, 2.45) is 0 Å². The van der Waals surface area contributed by atoms with Gasteiger partial charge in [0.15, 0.2) is 17.3 Å². The van der Waals surface area contributed by atoms with E-state index in [1.54, 1.807) is 0 Å². The fourth-order valence-corrected chi connectivity index (χ4v) is 4.81. The van der Waals surface area contributed by atoms with Crippen molar-refractivity contribution in [3.8, 4) is 40.1 Å². The molecular formula is C27H30O16. The van der Waals surface area contributed by atoms with Crippen molar-refractivity contribution in [1.82, 2.24) is 0 Å². The van der Waals surface area contributed by atoms with E-state index < -0.39 is 102 Å². The van der Waals surface area contributed by atoms with Crippen molar-refractivity contribution in [2.75, 3.05) is 6.61 Å². The summed E-state index contributed by atoms with van der Waals surface area (Å²) in [5, 5.41) is 101. The van der Waals surface area contributed by atoms with E-state index in [9.17, 15) is 55.9 Å². The molecule has 10 N–H and O–H groups in total. The number of rotatable bonds is 6. The summed E-state index contributed by atoms with van der Waals surface area (Å²) in [6.07, 6.45) is -15.9. The summed E-state index contributed by atoms with van der Waals surface area (Å²) < 4.78 is 27.8. The first-order chi connectivity index (χ1) is 20.3. The van der Waals surface area contributed by atoms with Crippen molar-refractivity contribution < 1.29 is 74.4 Å². The van der Waals surface area contributed by atoms with E-state index >= 15 is 0 Å². The molecule has 234 valence electrons. The Morgan fingerprint density at radius 1 is 0.744 bits per heavy atom. The summed E-state index contributed by atoms with van der Waals surface area (Å²) in [5.74, 6) is -3.10. The zero-order valence-electron chi connectivity index (χ0n) is 22.3. The van der Waals surface area contributed by atoms with Crippen LogP contribution in [0.25, 0.3) is 22.3 Å². The van der Waals surface area contributed by atoms with E-state index in [0.29, 0.717) is 0 Å².